The summed E-state index contributed by atoms with van der Waals surface area (Å²) in [6, 6.07) is 11.8. The van der Waals surface area contributed by atoms with E-state index in [-0.39, 0.29) is 18.4 Å². The van der Waals surface area contributed by atoms with Gasteiger partial charge in [-0.3, -0.25) is 9.69 Å². The molecule has 3 heterocycles. The molecule has 1 unspecified atom stereocenters. The van der Waals surface area contributed by atoms with Gasteiger partial charge in [-0.2, -0.15) is 0 Å². The third-order valence-corrected chi connectivity index (χ3v) is 6.43. The Morgan fingerprint density at radius 2 is 2.06 bits per heavy atom. The molecule has 1 fully saturated rings. The van der Waals surface area contributed by atoms with E-state index in [1.165, 1.54) is 30.6 Å². The van der Waals surface area contributed by atoms with Crippen LogP contribution in [0.5, 0.6) is 5.75 Å². The van der Waals surface area contributed by atoms with E-state index in [1.807, 2.05) is 48.7 Å². The lowest BCUT2D eigenvalue weighted by Gasteiger charge is -2.33. The molecule has 164 valence electrons. The minimum atomic E-state index is -0.0245. The van der Waals surface area contributed by atoms with Crippen LogP contribution in [0.15, 0.2) is 52.5 Å². The van der Waals surface area contributed by atoms with Crippen molar-refractivity contribution in [3.8, 4) is 16.3 Å². The lowest BCUT2D eigenvalue weighted by Crippen LogP contribution is -2.40. The van der Waals surface area contributed by atoms with E-state index in [0.717, 1.165) is 40.9 Å². The number of amides is 1. The van der Waals surface area contributed by atoms with Crippen molar-refractivity contribution in [1.29, 1.82) is 0 Å². The van der Waals surface area contributed by atoms with Gasteiger partial charge in [0, 0.05) is 11.9 Å². The lowest BCUT2D eigenvalue weighted by molar-refractivity contribution is -0.120. The average molecular weight is 440 g/mol. The molecule has 2 aromatic heterocycles. The summed E-state index contributed by atoms with van der Waals surface area (Å²) < 4.78 is 11.4. The van der Waals surface area contributed by atoms with Crippen LogP contribution in [0.3, 0.4) is 0 Å². The summed E-state index contributed by atoms with van der Waals surface area (Å²) in [5.74, 6) is 1.70. The molecule has 0 bridgehead atoms. The number of nitrogens with one attached hydrogen (secondary N) is 1. The highest BCUT2D eigenvalue weighted by Crippen LogP contribution is 2.32. The molecule has 4 rings (SSSR count). The number of hydrogen-bond donors (Lipinski definition) is 1. The topological polar surface area (TPSA) is 67.6 Å². The van der Waals surface area contributed by atoms with E-state index in [0.29, 0.717) is 13.2 Å². The normalized spacial score (nSPS) is 15.5. The van der Waals surface area contributed by atoms with Crippen molar-refractivity contribution < 1.29 is 13.9 Å². The molecule has 6 nitrogen and oxygen atoms in total. The molecule has 0 radical (unpaired) electrons. The van der Waals surface area contributed by atoms with E-state index >= 15 is 0 Å². The zero-order valence-corrected chi connectivity index (χ0v) is 18.7. The number of nitrogens with zero attached hydrogens (tertiary/aromatic N) is 2. The van der Waals surface area contributed by atoms with Gasteiger partial charge in [-0.05, 0) is 57.1 Å². The number of thiazole rings is 1. The number of ether oxygens (including phenoxy) is 1. The van der Waals surface area contributed by atoms with E-state index in [4.69, 9.17) is 9.15 Å². The van der Waals surface area contributed by atoms with E-state index in [1.54, 1.807) is 6.26 Å². The minimum Gasteiger partial charge on any atom is -0.493 e. The zero-order valence-electron chi connectivity index (χ0n) is 17.9. The molecule has 3 aromatic rings. The molecule has 1 aromatic carbocycles. The fourth-order valence-corrected chi connectivity index (χ4v) is 4.84. The number of piperidine rings is 1. The van der Waals surface area contributed by atoms with Gasteiger partial charge in [-0.15, -0.1) is 11.3 Å². The Morgan fingerprint density at radius 3 is 2.84 bits per heavy atom. The van der Waals surface area contributed by atoms with Gasteiger partial charge in [0.25, 0.3) is 0 Å². The Hall–Kier alpha value is -2.64. The van der Waals surface area contributed by atoms with Crippen molar-refractivity contribution in [2.45, 2.75) is 38.6 Å². The molecular weight excluding hydrogens is 410 g/mol. The van der Waals surface area contributed by atoms with Gasteiger partial charge in [-0.1, -0.05) is 18.6 Å². The number of aromatic nitrogens is 1. The number of carbonyl (C=O) groups excluding carboxylic acids is 1. The SMILES string of the molecule is CCOc1ccccc1-c1nc(CC(=O)NCC(c2ccco2)N2CCCCC2)cs1. The number of likely N-dealkylation sites (tertiary alicyclic amines) is 1. The fourth-order valence-electron chi connectivity index (χ4n) is 3.99. The third kappa shape index (κ3) is 5.54. The molecule has 0 saturated carbocycles. The summed E-state index contributed by atoms with van der Waals surface area (Å²) in [6.45, 7) is 5.18. The van der Waals surface area contributed by atoms with Crippen LogP contribution in [0.1, 0.15) is 43.7 Å². The molecule has 1 atom stereocenters. The first-order valence-electron chi connectivity index (χ1n) is 11.0. The van der Waals surface area contributed by atoms with Crippen molar-refractivity contribution in [2.24, 2.45) is 0 Å². The first kappa shape index (κ1) is 21.6. The predicted molar refractivity (Wildman–Crippen MR) is 122 cm³/mol. The molecule has 1 aliphatic heterocycles. The lowest BCUT2D eigenvalue weighted by atomic mass is 10.1. The van der Waals surface area contributed by atoms with Crippen LogP contribution >= 0.6 is 11.3 Å². The van der Waals surface area contributed by atoms with Gasteiger partial charge >= 0.3 is 0 Å². The maximum Gasteiger partial charge on any atom is 0.226 e. The van der Waals surface area contributed by atoms with Crippen molar-refractivity contribution >= 4 is 17.2 Å². The Balaban J connectivity index is 1.38. The summed E-state index contributed by atoms with van der Waals surface area (Å²) in [4.78, 5) is 19.8. The second-order valence-corrected chi connectivity index (χ2v) is 8.54. The molecular formula is C24H29N3O3S. The van der Waals surface area contributed by atoms with Crippen molar-refractivity contribution in [1.82, 2.24) is 15.2 Å². The smallest absolute Gasteiger partial charge is 0.226 e. The number of carbonyl (C=O) groups is 1. The summed E-state index contributed by atoms with van der Waals surface area (Å²) in [6.07, 6.45) is 5.61. The molecule has 0 spiro atoms. The minimum absolute atomic E-state index is 0.0245. The number of benzene rings is 1. The standard InChI is InChI=1S/C24H29N3O3S/c1-2-29-21-10-5-4-9-19(21)24-26-18(17-31-24)15-23(28)25-16-20(22-11-8-14-30-22)27-12-6-3-7-13-27/h4-5,8-11,14,17,20H,2-3,6-7,12-13,15-16H2,1H3,(H,25,28). The van der Waals surface area contributed by atoms with Crippen LogP contribution in [-0.4, -0.2) is 42.0 Å². The molecule has 1 N–H and O–H groups in total. The predicted octanol–water partition coefficient (Wildman–Crippen LogP) is 4.69. The zero-order chi connectivity index (χ0) is 21.5. The highest BCUT2D eigenvalue weighted by molar-refractivity contribution is 7.13. The van der Waals surface area contributed by atoms with Crippen LogP contribution in [0.25, 0.3) is 10.6 Å². The summed E-state index contributed by atoms with van der Waals surface area (Å²) in [5.41, 5.74) is 1.74. The Bertz CT molecular complexity index is 964. The van der Waals surface area contributed by atoms with Crippen LogP contribution < -0.4 is 10.1 Å². The second-order valence-electron chi connectivity index (χ2n) is 7.68. The molecule has 0 aliphatic carbocycles. The highest BCUT2D eigenvalue weighted by Gasteiger charge is 2.25. The molecule has 1 saturated heterocycles. The van der Waals surface area contributed by atoms with Gasteiger partial charge in [0.05, 0.1) is 36.6 Å². The maximum atomic E-state index is 12.7. The van der Waals surface area contributed by atoms with Gasteiger partial charge in [-0.25, -0.2) is 4.98 Å². The Morgan fingerprint density at radius 1 is 1.23 bits per heavy atom. The van der Waals surface area contributed by atoms with Crippen LogP contribution in [0, 0.1) is 0 Å². The highest BCUT2D eigenvalue weighted by atomic mass is 32.1. The molecule has 7 heteroatoms. The van der Waals surface area contributed by atoms with Crippen LogP contribution in [0.2, 0.25) is 0 Å². The van der Waals surface area contributed by atoms with Crippen molar-refractivity contribution in [3.05, 3.63) is 59.5 Å². The van der Waals surface area contributed by atoms with Gasteiger partial charge < -0.3 is 14.5 Å². The van der Waals surface area contributed by atoms with Gasteiger partial charge in [0.15, 0.2) is 0 Å². The van der Waals surface area contributed by atoms with E-state index in [2.05, 4.69) is 15.2 Å². The number of hydrogen-bond acceptors (Lipinski definition) is 6. The Kier molecular flexibility index (Phi) is 7.38. The fraction of sp³-hybridized carbons (Fsp3) is 0.417. The summed E-state index contributed by atoms with van der Waals surface area (Å²) >= 11 is 1.54. The van der Waals surface area contributed by atoms with Gasteiger partial charge in [0.1, 0.15) is 16.5 Å². The monoisotopic (exact) mass is 439 g/mol. The summed E-state index contributed by atoms with van der Waals surface area (Å²) in [7, 11) is 0. The number of rotatable bonds is 9. The third-order valence-electron chi connectivity index (χ3n) is 5.51. The molecule has 31 heavy (non-hydrogen) atoms. The van der Waals surface area contributed by atoms with Gasteiger partial charge in [0.2, 0.25) is 5.91 Å². The second kappa shape index (κ2) is 10.6. The van der Waals surface area contributed by atoms with Crippen LogP contribution in [-0.2, 0) is 11.2 Å². The quantitative estimate of drug-likeness (QED) is 0.524. The molecule has 1 amide bonds. The first-order chi connectivity index (χ1) is 15.2. The Labute approximate surface area is 187 Å². The largest absolute Gasteiger partial charge is 0.493 e. The first-order valence-corrected chi connectivity index (χ1v) is 11.8. The maximum absolute atomic E-state index is 12.7. The van der Waals surface area contributed by atoms with Crippen molar-refractivity contribution in [2.75, 3.05) is 26.2 Å². The van der Waals surface area contributed by atoms with Crippen molar-refractivity contribution in [3.63, 3.8) is 0 Å². The number of furan rings is 1. The number of para-hydroxylation sites is 1. The summed E-state index contributed by atoms with van der Waals surface area (Å²) in [5, 5.41) is 5.92. The molecule has 1 aliphatic rings. The average Bonchev–Trinajstić information content (AvgIpc) is 3.48. The van der Waals surface area contributed by atoms with E-state index < -0.39 is 0 Å². The van der Waals surface area contributed by atoms with Crippen LogP contribution in [0.4, 0.5) is 0 Å². The van der Waals surface area contributed by atoms with E-state index in [9.17, 15) is 4.79 Å².